The number of amides is 1. The zero-order chi connectivity index (χ0) is 29.7. The molecule has 44 heavy (non-hydrogen) atoms. The van der Waals surface area contributed by atoms with E-state index >= 15 is 0 Å². The predicted octanol–water partition coefficient (Wildman–Crippen LogP) is 5.11. The highest BCUT2D eigenvalue weighted by atomic mass is 16.5. The zero-order valence-electron chi connectivity index (χ0n) is 24.8. The molecule has 0 spiro atoms. The second kappa shape index (κ2) is 9.40. The Bertz CT molecular complexity index is 2120. The number of hydrogen-bond donors (Lipinski definition) is 2. The minimum absolute atomic E-state index is 0.00763. The van der Waals surface area contributed by atoms with E-state index in [4.69, 9.17) is 20.4 Å². The molecule has 9 rings (SSSR count). The van der Waals surface area contributed by atoms with Gasteiger partial charge in [0.2, 0.25) is 0 Å². The molecule has 3 aliphatic rings. The summed E-state index contributed by atoms with van der Waals surface area (Å²) >= 11 is 0. The number of carbonyl (C=O) groups is 1. The van der Waals surface area contributed by atoms with E-state index in [1.807, 2.05) is 36.3 Å². The molecule has 2 saturated carbocycles. The van der Waals surface area contributed by atoms with Gasteiger partial charge in [-0.2, -0.15) is 5.10 Å². The number of ether oxygens (including phenoxy) is 1. The van der Waals surface area contributed by atoms with Crippen LogP contribution in [0.2, 0.25) is 0 Å². The van der Waals surface area contributed by atoms with Crippen LogP contribution in [0.3, 0.4) is 0 Å². The number of nitrogens with zero attached hydrogens (tertiary/aromatic N) is 6. The van der Waals surface area contributed by atoms with E-state index in [1.54, 1.807) is 7.11 Å². The molecule has 3 N–H and O–H groups in total. The van der Waals surface area contributed by atoms with Crippen molar-refractivity contribution in [3.05, 3.63) is 60.3 Å². The summed E-state index contributed by atoms with van der Waals surface area (Å²) in [5.74, 6) is 2.50. The second-order valence-corrected chi connectivity index (χ2v) is 12.8. The number of piperidine rings is 1. The minimum Gasteiger partial charge on any atom is -0.494 e. The summed E-state index contributed by atoms with van der Waals surface area (Å²) in [6.45, 7) is 1.61. The third-order valence-electron chi connectivity index (χ3n) is 10.2. The third kappa shape index (κ3) is 3.83. The van der Waals surface area contributed by atoms with Crippen molar-refractivity contribution in [3.8, 4) is 28.5 Å². The SMILES string of the molecule is COc1cc(C(=O)N2C[C@H]3CC[C@@H]2[C@@H]3N)cc2nc(-c3cc4ccc(-c5ccc6[nH]ncc6c5)nc4n3CC3CC3)n(C)c12. The lowest BCUT2D eigenvalue weighted by molar-refractivity contribution is 0.0700. The van der Waals surface area contributed by atoms with Gasteiger partial charge in [-0.1, -0.05) is 6.07 Å². The number of nitrogens with two attached hydrogens (primary N) is 1. The molecule has 3 atom stereocenters. The number of aryl methyl sites for hydroxylation is 1. The number of rotatable bonds is 6. The van der Waals surface area contributed by atoms with E-state index in [9.17, 15) is 4.79 Å². The number of aromatic nitrogens is 6. The maximum atomic E-state index is 13.7. The number of benzene rings is 2. The molecule has 2 aromatic carbocycles. The number of likely N-dealkylation sites (tertiary alicyclic amines) is 1. The molecular formula is C34H34N8O2. The van der Waals surface area contributed by atoms with E-state index in [0.717, 1.165) is 81.7 Å². The fourth-order valence-electron chi connectivity index (χ4n) is 7.59. The first-order valence-corrected chi connectivity index (χ1v) is 15.5. The van der Waals surface area contributed by atoms with Crippen LogP contribution in [0.5, 0.6) is 5.75 Å². The average molecular weight is 587 g/mol. The normalized spacial score (nSPS) is 21.3. The third-order valence-corrected chi connectivity index (χ3v) is 10.2. The van der Waals surface area contributed by atoms with Crippen molar-refractivity contribution in [2.75, 3.05) is 13.7 Å². The van der Waals surface area contributed by atoms with Gasteiger partial charge in [-0.15, -0.1) is 0 Å². The lowest BCUT2D eigenvalue weighted by Gasteiger charge is -2.27. The van der Waals surface area contributed by atoms with Crippen LogP contribution in [-0.4, -0.2) is 65.8 Å². The number of carbonyl (C=O) groups excluding carboxylic acids is 1. The van der Waals surface area contributed by atoms with E-state index in [-0.39, 0.29) is 18.0 Å². The molecule has 2 bridgehead atoms. The molecule has 6 aromatic rings. The topological polar surface area (TPSA) is 120 Å². The van der Waals surface area contributed by atoms with Crippen LogP contribution in [0.25, 0.3) is 55.7 Å². The maximum absolute atomic E-state index is 13.7. The quantitative estimate of drug-likeness (QED) is 0.280. The van der Waals surface area contributed by atoms with Gasteiger partial charge in [0, 0.05) is 54.1 Å². The maximum Gasteiger partial charge on any atom is 0.254 e. The van der Waals surface area contributed by atoms with Crippen LogP contribution in [-0.2, 0) is 13.6 Å². The number of aromatic amines is 1. The molecule has 0 radical (unpaired) electrons. The Kier molecular flexibility index (Phi) is 5.50. The molecule has 1 saturated heterocycles. The fourth-order valence-corrected chi connectivity index (χ4v) is 7.59. The van der Waals surface area contributed by atoms with Crippen LogP contribution in [0, 0.1) is 11.8 Å². The van der Waals surface area contributed by atoms with E-state index < -0.39 is 0 Å². The molecule has 222 valence electrons. The van der Waals surface area contributed by atoms with Gasteiger partial charge >= 0.3 is 0 Å². The van der Waals surface area contributed by atoms with Crippen LogP contribution in [0.1, 0.15) is 36.0 Å². The molecule has 2 aliphatic carbocycles. The molecule has 0 unspecified atom stereocenters. The first-order valence-electron chi connectivity index (χ1n) is 15.5. The van der Waals surface area contributed by atoms with Crippen LogP contribution >= 0.6 is 0 Å². The molecule has 1 aliphatic heterocycles. The summed E-state index contributed by atoms with van der Waals surface area (Å²) in [5, 5.41) is 9.33. The number of nitrogens with one attached hydrogen (secondary N) is 1. The lowest BCUT2D eigenvalue weighted by Crippen LogP contribution is -2.41. The Morgan fingerprint density at radius 3 is 2.70 bits per heavy atom. The van der Waals surface area contributed by atoms with Crippen molar-refractivity contribution in [1.82, 2.24) is 34.2 Å². The van der Waals surface area contributed by atoms with E-state index in [2.05, 4.69) is 49.7 Å². The summed E-state index contributed by atoms with van der Waals surface area (Å²) < 4.78 is 10.3. The number of fused-ring (bicyclic) bond motifs is 5. The van der Waals surface area contributed by atoms with Gasteiger partial charge in [0.25, 0.3) is 5.91 Å². The van der Waals surface area contributed by atoms with Gasteiger partial charge in [-0.05, 0) is 80.0 Å². The smallest absolute Gasteiger partial charge is 0.254 e. The largest absolute Gasteiger partial charge is 0.494 e. The highest BCUT2D eigenvalue weighted by Crippen LogP contribution is 2.40. The van der Waals surface area contributed by atoms with Gasteiger partial charge in [-0.3, -0.25) is 9.89 Å². The highest BCUT2D eigenvalue weighted by Gasteiger charge is 2.47. The second-order valence-electron chi connectivity index (χ2n) is 12.8. The Hall–Kier alpha value is -4.70. The predicted molar refractivity (Wildman–Crippen MR) is 169 cm³/mol. The van der Waals surface area contributed by atoms with Crippen molar-refractivity contribution < 1.29 is 9.53 Å². The van der Waals surface area contributed by atoms with Gasteiger partial charge in [0.1, 0.15) is 16.9 Å². The van der Waals surface area contributed by atoms with Gasteiger partial charge in [-0.25, -0.2) is 9.97 Å². The van der Waals surface area contributed by atoms with Gasteiger partial charge < -0.3 is 24.5 Å². The molecule has 4 aromatic heterocycles. The van der Waals surface area contributed by atoms with Crippen molar-refractivity contribution in [2.24, 2.45) is 24.6 Å². The molecule has 1 amide bonds. The highest BCUT2D eigenvalue weighted by molar-refractivity contribution is 6.00. The van der Waals surface area contributed by atoms with Gasteiger partial charge in [0.15, 0.2) is 5.82 Å². The van der Waals surface area contributed by atoms with Crippen molar-refractivity contribution in [2.45, 2.75) is 44.3 Å². The Morgan fingerprint density at radius 2 is 1.93 bits per heavy atom. The van der Waals surface area contributed by atoms with Crippen molar-refractivity contribution in [1.29, 1.82) is 0 Å². The summed E-state index contributed by atoms with van der Waals surface area (Å²) in [7, 11) is 3.67. The van der Waals surface area contributed by atoms with Crippen LogP contribution < -0.4 is 10.5 Å². The van der Waals surface area contributed by atoms with E-state index in [0.29, 0.717) is 23.1 Å². The Balaban J connectivity index is 1.16. The number of H-pyrrole nitrogens is 1. The van der Waals surface area contributed by atoms with E-state index in [1.165, 1.54) is 12.8 Å². The number of hydrogen-bond acceptors (Lipinski definition) is 6. The average Bonchev–Trinajstić information content (AvgIpc) is 3.34. The molecule has 10 heteroatoms. The van der Waals surface area contributed by atoms with Crippen LogP contribution in [0.4, 0.5) is 0 Å². The summed E-state index contributed by atoms with van der Waals surface area (Å²) in [5.41, 5.74) is 13.6. The zero-order valence-corrected chi connectivity index (χ0v) is 24.8. The van der Waals surface area contributed by atoms with Crippen molar-refractivity contribution >= 4 is 38.9 Å². The monoisotopic (exact) mass is 586 g/mol. The summed E-state index contributed by atoms with van der Waals surface area (Å²) in [4.78, 5) is 26.0. The number of pyridine rings is 1. The lowest BCUT2D eigenvalue weighted by atomic mass is 10.1. The standard InChI is InChI=1S/C34H34N8O2/c1-40-31-26(12-22(14-29(31)44-2)34(43)42-17-21-7-10-27(42)30(21)35)38-33(40)28-13-20-6-8-24(37-32(20)41(28)16-18-3-4-18)19-5-9-25-23(11-19)15-36-39-25/h5-6,8-9,11-15,18,21,27,30H,3-4,7,10,16-17,35H2,1-2H3,(H,36,39)/t21-,27-,30-/m1/s1. The Labute approximate surface area is 253 Å². The number of imidazole rings is 1. The van der Waals surface area contributed by atoms with Crippen molar-refractivity contribution in [3.63, 3.8) is 0 Å². The molecular weight excluding hydrogens is 552 g/mol. The Morgan fingerprint density at radius 1 is 1.05 bits per heavy atom. The molecule has 5 heterocycles. The first-order chi connectivity index (χ1) is 21.5. The first kappa shape index (κ1) is 25.8. The summed E-state index contributed by atoms with van der Waals surface area (Å²) in [6.07, 6.45) is 6.37. The minimum atomic E-state index is 0.00763. The molecule has 3 fully saturated rings. The summed E-state index contributed by atoms with van der Waals surface area (Å²) in [6, 6.07) is 16.6. The molecule has 10 nitrogen and oxygen atoms in total. The fraction of sp³-hybridized carbons (Fsp3) is 0.353. The van der Waals surface area contributed by atoms with Crippen LogP contribution in [0.15, 0.2) is 54.7 Å². The van der Waals surface area contributed by atoms with Gasteiger partial charge in [0.05, 0.1) is 35.7 Å². The number of methoxy groups -OCH3 is 1.